The number of furan rings is 1. The summed E-state index contributed by atoms with van der Waals surface area (Å²) in [5.74, 6) is 0.103. The van der Waals surface area contributed by atoms with E-state index in [0.717, 1.165) is 27.6 Å². The van der Waals surface area contributed by atoms with Crippen molar-refractivity contribution in [1.82, 2.24) is 0 Å². The minimum atomic E-state index is -0.282. The summed E-state index contributed by atoms with van der Waals surface area (Å²) in [5.41, 5.74) is 9.75. The largest absolute Gasteiger partial charge is 0.455 e. The monoisotopic (exact) mass is 412 g/mol. The van der Waals surface area contributed by atoms with Crippen LogP contribution < -0.4 is 4.57 Å². The van der Waals surface area contributed by atoms with Crippen molar-refractivity contribution in [3.05, 3.63) is 76.6 Å². The first-order chi connectivity index (χ1) is 14.8. The van der Waals surface area contributed by atoms with Crippen LogP contribution in [0, 0.1) is 26.6 Å². The maximum absolute atomic E-state index is 13.9. The van der Waals surface area contributed by atoms with Crippen molar-refractivity contribution >= 4 is 32.8 Å². The summed E-state index contributed by atoms with van der Waals surface area (Å²) in [5, 5.41) is 3.26. The lowest BCUT2D eigenvalue weighted by Gasteiger charge is -2.14. The van der Waals surface area contributed by atoms with Crippen LogP contribution in [0.5, 0.6) is 0 Å². The van der Waals surface area contributed by atoms with Gasteiger partial charge in [-0.15, -0.1) is 0 Å². The zero-order valence-corrected chi connectivity index (χ0v) is 18.9. The molecule has 0 unspecified atom stereocenters. The molecule has 0 aliphatic rings. The van der Waals surface area contributed by atoms with Gasteiger partial charge in [-0.2, -0.15) is 4.57 Å². The molecule has 31 heavy (non-hydrogen) atoms. The van der Waals surface area contributed by atoms with Crippen LogP contribution in [0.15, 0.2) is 52.9 Å². The van der Waals surface area contributed by atoms with E-state index < -0.39 is 0 Å². The summed E-state index contributed by atoms with van der Waals surface area (Å²) in [4.78, 5) is 0. The Morgan fingerprint density at radius 3 is 2.35 bits per heavy atom. The van der Waals surface area contributed by atoms with Crippen molar-refractivity contribution in [3.63, 3.8) is 0 Å². The van der Waals surface area contributed by atoms with E-state index in [4.69, 9.17) is 4.42 Å². The Hall–Kier alpha value is -3.20. The van der Waals surface area contributed by atoms with E-state index >= 15 is 0 Å². The van der Waals surface area contributed by atoms with Crippen LogP contribution in [0.3, 0.4) is 0 Å². The fraction of sp³-hybridized carbons (Fsp3) is 0.250. The van der Waals surface area contributed by atoms with Gasteiger partial charge in [0.15, 0.2) is 0 Å². The molecule has 0 aliphatic carbocycles. The third-order valence-corrected chi connectivity index (χ3v) is 6.60. The van der Waals surface area contributed by atoms with Gasteiger partial charge < -0.3 is 4.42 Å². The molecule has 0 spiro atoms. The van der Waals surface area contributed by atoms with Crippen LogP contribution in [0.4, 0.5) is 4.39 Å². The minimum Gasteiger partial charge on any atom is -0.455 e. The molecule has 3 heteroatoms. The van der Waals surface area contributed by atoms with Crippen LogP contribution in [-0.4, -0.2) is 0 Å². The molecule has 0 atom stereocenters. The Morgan fingerprint density at radius 1 is 0.871 bits per heavy atom. The highest BCUT2D eigenvalue weighted by Crippen LogP contribution is 2.40. The van der Waals surface area contributed by atoms with Crippen molar-refractivity contribution in [3.8, 4) is 11.3 Å². The van der Waals surface area contributed by atoms with Gasteiger partial charge in [-0.3, -0.25) is 0 Å². The van der Waals surface area contributed by atoms with Crippen LogP contribution in [0.1, 0.15) is 42.0 Å². The van der Waals surface area contributed by atoms with Gasteiger partial charge in [0.05, 0.1) is 5.56 Å². The highest BCUT2D eigenvalue weighted by atomic mass is 19.1. The van der Waals surface area contributed by atoms with E-state index in [9.17, 15) is 4.39 Å². The highest BCUT2D eigenvalue weighted by Gasteiger charge is 2.26. The third-order valence-electron chi connectivity index (χ3n) is 6.60. The van der Waals surface area contributed by atoms with Crippen molar-refractivity contribution in [2.24, 2.45) is 7.05 Å². The first-order valence-corrected chi connectivity index (χ1v) is 10.8. The first-order valence-electron chi connectivity index (χ1n) is 10.8. The Bertz CT molecular complexity index is 1510. The summed E-state index contributed by atoms with van der Waals surface area (Å²) in [6.07, 6.45) is 0. The molecule has 5 rings (SSSR count). The van der Waals surface area contributed by atoms with Crippen LogP contribution in [0.25, 0.3) is 44.1 Å². The van der Waals surface area contributed by atoms with Crippen LogP contribution >= 0.6 is 0 Å². The lowest BCUT2D eigenvalue weighted by molar-refractivity contribution is -0.633. The number of aryl methyl sites for hydroxylation is 3. The molecule has 2 heterocycles. The van der Waals surface area contributed by atoms with Crippen molar-refractivity contribution < 1.29 is 13.4 Å². The molecule has 0 aliphatic heterocycles. The lowest BCUT2D eigenvalue weighted by Crippen LogP contribution is -2.33. The second-order valence-electron chi connectivity index (χ2n) is 9.03. The predicted octanol–water partition coefficient (Wildman–Crippen LogP) is 7.42. The molecule has 0 bridgehead atoms. The zero-order valence-electron chi connectivity index (χ0n) is 18.9. The number of hydrogen-bond donors (Lipinski definition) is 0. The topological polar surface area (TPSA) is 17.0 Å². The molecular formula is C28H27FNO+. The zero-order chi connectivity index (χ0) is 22.0. The van der Waals surface area contributed by atoms with E-state index in [1.165, 1.54) is 45.3 Å². The van der Waals surface area contributed by atoms with Crippen molar-refractivity contribution in [2.45, 2.75) is 40.5 Å². The number of rotatable bonds is 2. The minimum absolute atomic E-state index is 0.282. The van der Waals surface area contributed by atoms with E-state index in [1.54, 1.807) is 0 Å². The van der Waals surface area contributed by atoms with Crippen LogP contribution in [-0.2, 0) is 7.05 Å². The Kier molecular flexibility index (Phi) is 4.40. The molecule has 156 valence electrons. The fourth-order valence-electron chi connectivity index (χ4n) is 4.75. The quantitative estimate of drug-likeness (QED) is 0.276. The summed E-state index contributed by atoms with van der Waals surface area (Å²) in [6.45, 7) is 10.9. The van der Waals surface area contributed by atoms with Gasteiger partial charge in [0.1, 0.15) is 24.0 Å². The summed E-state index contributed by atoms with van der Waals surface area (Å²) in [6, 6.07) is 15.9. The summed E-state index contributed by atoms with van der Waals surface area (Å²) < 4.78 is 22.5. The molecule has 0 saturated carbocycles. The molecule has 2 nitrogen and oxygen atoms in total. The number of pyridine rings is 1. The summed E-state index contributed by atoms with van der Waals surface area (Å²) >= 11 is 0. The maximum Gasteiger partial charge on any atom is 0.217 e. The smallest absolute Gasteiger partial charge is 0.217 e. The van der Waals surface area contributed by atoms with E-state index in [-0.39, 0.29) is 5.82 Å². The summed E-state index contributed by atoms with van der Waals surface area (Å²) in [7, 11) is 2.12. The number of nitrogens with zero attached hydrogens (tertiary/aromatic N) is 1. The van der Waals surface area contributed by atoms with Gasteiger partial charge in [-0.05, 0) is 73.2 Å². The SMILES string of the molecule is Cc1ccc2c(C(C)C)cc(-c3c(C)c(C)cc4c3oc3cc(F)ccc34)[n+](C)c2c1. The fourth-order valence-corrected chi connectivity index (χ4v) is 4.75. The first kappa shape index (κ1) is 19.7. The average molecular weight is 413 g/mol. The average Bonchev–Trinajstić information content (AvgIpc) is 3.06. The normalized spacial score (nSPS) is 12.0. The Balaban J connectivity index is 1.97. The number of fused-ring (bicyclic) bond motifs is 4. The van der Waals surface area contributed by atoms with Crippen molar-refractivity contribution in [2.75, 3.05) is 0 Å². The van der Waals surface area contributed by atoms with Gasteiger partial charge >= 0.3 is 0 Å². The Morgan fingerprint density at radius 2 is 1.61 bits per heavy atom. The van der Waals surface area contributed by atoms with Gasteiger partial charge in [0, 0.05) is 34.4 Å². The maximum atomic E-state index is 13.9. The number of aromatic nitrogens is 1. The van der Waals surface area contributed by atoms with Gasteiger partial charge in [0.2, 0.25) is 11.2 Å². The molecule has 2 aromatic heterocycles. The molecule has 5 aromatic rings. The van der Waals surface area contributed by atoms with E-state index in [2.05, 4.69) is 76.6 Å². The van der Waals surface area contributed by atoms with Gasteiger partial charge in [0.25, 0.3) is 0 Å². The molecular weight excluding hydrogens is 385 g/mol. The molecule has 0 radical (unpaired) electrons. The molecule has 0 fully saturated rings. The van der Waals surface area contributed by atoms with Crippen molar-refractivity contribution in [1.29, 1.82) is 0 Å². The number of halogens is 1. The van der Waals surface area contributed by atoms with Crippen LogP contribution in [0.2, 0.25) is 0 Å². The second kappa shape index (κ2) is 6.91. The van der Waals surface area contributed by atoms with Gasteiger partial charge in [-0.25, -0.2) is 4.39 Å². The standard InChI is InChI=1S/C28H27FNO/c1-15(2)22-14-25(30(6)24-11-16(3)7-9-20(22)24)27-18(5)17(4)12-23-21-10-8-19(29)13-26(21)31-28(23)27/h7-15H,1-6H3/q+1. The third kappa shape index (κ3) is 2.95. The number of hydrogen-bond acceptors (Lipinski definition) is 1. The van der Waals surface area contributed by atoms with Gasteiger partial charge in [-0.1, -0.05) is 19.9 Å². The second-order valence-corrected chi connectivity index (χ2v) is 9.03. The number of benzene rings is 3. The lowest BCUT2D eigenvalue weighted by atomic mass is 9.92. The predicted molar refractivity (Wildman–Crippen MR) is 126 cm³/mol. The Labute approximate surface area is 181 Å². The molecule has 0 saturated heterocycles. The molecule has 3 aromatic carbocycles. The molecule has 0 N–H and O–H groups in total. The van der Waals surface area contributed by atoms with E-state index in [0.29, 0.717) is 11.5 Å². The molecule has 0 amide bonds. The van der Waals surface area contributed by atoms with E-state index in [1.807, 2.05) is 6.07 Å². The highest BCUT2D eigenvalue weighted by molar-refractivity contribution is 6.10.